The summed E-state index contributed by atoms with van der Waals surface area (Å²) < 4.78 is 10.9. The SMILES string of the molecule is COc1cccc(N2CCN(CC(O)COc3ccc(N)cc3)CC2)c1. The Morgan fingerprint density at radius 2 is 1.77 bits per heavy atom. The third-order valence-corrected chi connectivity index (χ3v) is 4.58. The molecule has 0 radical (unpaired) electrons. The molecule has 6 nitrogen and oxygen atoms in total. The Balaban J connectivity index is 1.42. The number of ether oxygens (including phenoxy) is 2. The van der Waals surface area contributed by atoms with Crippen LogP contribution >= 0.6 is 0 Å². The topological polar surface area (TPSA) is 71.2 Å². The first kappa shape index (κ1) is 18.4. The number of rotatable bonds is 7. The smallest absolute Gasteiger partial charge is 0.120 e. The van der Waals surface area contributed by atoms with Gasteiger partial charge >= 0.3 is 0 Å². The fraction of sp³-hybridized carbons (Fsp3) is 0.400. The fourth-order valence-electron chi connectivity index (χ4n) is 3.10. The van der Waals surface area contributed by atoms with E-state index in [2.05, 4.69) is 21.9 Å². The predicted octanol–water partition coefficient (Wildman–Crippen LogP) is 1.84. The van der Waals surface area contributed by atoms with Crippen molar-refractivity contribution in [3.05, 3.63) is 48.5 Å². The highest BCUT2D eigenvalue weighted by atomic mass is 16.5. The molecule has 1 unspecified atom stereocenters. The zero-order chi connectivity index (χ0) is 18.4. The van der Waals surface area contributed by atoms with Crippen LogP contribution in [-0.4, -0.2) is 62.6 Å². The second-order valence-electron chi connectivity index (χ2n) is 6.52. The van der Waals surface area contributed by atoms with Crippen LogP contribution in [0.1, 0.15) is 0 Å². The maximum Gasteiger partial charge on any atom is 0.120 e. The molecule has 1 aliphatic rings. The van der Waals surface area contributed by atoms with Crippen molar-refractivity contribution in [3.63, 3.8) is 0 Å². The van der Waals surface area contributed by atoms with E-state index in [1.54, 1.807) is 19.2 Å². The highest BCUT2D eigenvalue weighted by molar-refractivity contribution is 5.51. The van der Waals surface area contributed by atoms with Gasteiger partial charge in [0.05, 0.1) is 7.11 Å². The van der Waals surface area contributed by atoms with Crippen molar-refractivity contribution in [2.45, 2.75) is 6.10 Å². The number of methoxy groups -OCH3 is 1. The van der Waals surface area contributed by atoms with E-state index in [0.29, 0.717) is 12.2 Å². The summed E-state index contributed by atoms with van der Waals surface area (Å²) in [6, 6.07) is 15.3. The van der Waals surface area contributed by atoms with Gasteiger partial charge in [-0.1, -0.05) is 6.07 Å². The van der Waals surface area contributed by atoms with Crippen molar-refractivity contribution in [1.29, 1.82) is 0 Å². The molecule has 6 heteroatoms. The Labute approximate surface area is 154 Å². The second-order valence-corrected chi connectivity index (χ2v) is 6.52. The van der Waals surface area contributed by atoms with Crippen LogP contribution in [0, 0.1) is 0 Å². The average molecular weight is 357 g/mol. The number of piperazine rings is 1. The van der Waals surface area contributed by atoms with Gasteiger partial charge in [0, 0.05) is 50.2 Å². The summed E-state index contributed by atoms with van der Waals surface area (Å²) in [5, 5.41) is 10.2. The van der Waals surface area contributed by atoms with Gasteiger partial charge in [-0.05, 0) is 36.4 Å². The normalized spacial score (nSPS) is 16.3. The van der Waals surface area contributed by atoms with Crippen LogP contribution in [0.3, 0.4) is 0 Å². The van der Waals surface area contributed by atoms with Crippen LogP contribution in [-0.2, 0) is 0 Å². The summed E-state index contributed by atoms with van der Waals surface area (Å²) in [6.45, 7) is 4.57. The Bertz CT molecular complexity index is 685. The molecule has 26 heavy (non-hydrogen) atoms. The van der Waals surface area contributed by atoms with Crippen LogP contribution in [0.4, 0.5) is 11.4 Å². The van der Waals surface area contributed by atoms with Gasteiger partial charge in [0.15, 0.2) is 0 Å². The molecule has 2 aromatic rings. The first-order valence-corrected chi connectivity index (χ1v) is 8.92. The summed E-state index contributed by atoms with van der Waals surface area (Å²) in [4.78, 5) is 4.62. The number of nitrogen functional groups attached to an aromatic ring is 1. The lowest BCUT2D eigenvalue weighted by atomic mass is 10.2. The summed E-state index contributed by atoms with van der Waals surface area (Å²) >= 11 is 0. The van der Waals surface area contributed by atoms with E-state index in [1.807, 2.05) is 24.3 Å². The molecule has 0 aliphatic carbocycles. The quantitative estimate of drug-likeness (QED) is 0.737. The first-order valence-electron chi connectivity index (χ1n) is 8.92. The average Bonchev–Trinajstić information content (AvgIpc) is 2.68. The van der Waals surface area contributed by atoms with E-state index in [0.717, 1.165) is 37.7 Å². The van der Waals surface area contributed by atoms with E-state index in [-0.39, 0.29) is 6.61 Å². The van der Waals surface area contributed by atoms with Gasteiger partial charge in [0.1, 0.15) is 24.2 Å². The third-order valence-electron chi connectivity index (χ3n) is 4.58. The van der Waals surface area contributed by atoms with Gasteiger partial charge in [-0.2, -0.15) is 0 Å². The van der Waals surface area contributed by atoms with Gasteiger partial charge in [0.2, 0.25) is 0 Å². The lowest BCUT2D eigenvalue weighted by Gasteiger charge is -2.37. The first-order chi connectivity index (χ1) is 12.6. The Kier molecular flexibility index (Phi) is 6.20. The standard InChI is InChI=1S/C20H27N3O3/c1-25-20-4-2-3-17(13-20)23-11-9-22(10-12-23)14-18(24)15-26-19-7-5-16(21)6-8-19/h2-8,13,18,24H,9-12,14-15,21H2,1H3. The van der Waals surface area contributed by atoms with Gasteiger partial charge in [-0.25, -0.2) is 0 Å². The minimum absolute atomic E-state index is 0.278. The van der Waals surface area contributed by atoms with Crippen molar-refractivity contribution < 1.29 is 14.6 Å². The van der Waals surface area contributed by atoms with Crippen molar-refractivity contribution in [1.82, 2.24) is 4.90 Å². The van der Waals surface area contributed by atoms with Crippen LogP contribution in [0.2, 0.25) is 0 Å². The second kappa shape index (κ2) is 8.78. The molecule has 1 heterocycles. The van der Waals surface area contributed by atoms with E-state index in [9.17, 15) is 5.11 Å². The monoisotopic (exact) mass is 357 g/mol. The molecule has 0 spiro atoms. The molecule has 0 saturated carbocycles. The van der Waals surface area contributed by atoms with Crippen molar-refractivity contribution >= 4 is 11.4 Å². The molecule has 1 atom stereocenters. The number of nitrogens with two attached hydrogens (primary N) is 1. The van der Waals surface area contributed by atoms with Crippen molar-refractivity contribution in [2.75, 3.05) is 57.1 Å². The van der Waals surface area contributed by atoms with Gasteiger partial charge < -0.3 is 25.2 Å². The summed E-state index contributed by atoms with van der Waals surface area (Å²) in [5.41, 5.74) is 7.53. The number of hydrogen-bond acceptors (Lipinski definition) is 6. The van der Waals surface area contributed by atoms with Crippen LogP contribution < -0.4 is 20.1 Å². The molecule has 140 valence electrons. The third kappa shape index (κ3) is 5.03. The van der Waals surface area contributed by atoms with Crippen LogP contribution in [0.5, 0.6) is 11.5 Å². The summed E-state index contributed by atoms with van der Waals surface area (Å²) in [6.07, 6.45) is -0.518. The highest BCUT2D eigenvalue weighted by Crippen LogP contribution is 2.22. The van der Waals surface area contributed by atoms with Gasteiger partial charge in [-0.15, -0.1) is 0 Å². The van der Waals surface area contributed by atoms with E-state index in [1.165, 1.54) is 5.69 Å². The Hall–Kier alpha value is -2.44. The summed E-state index contributed by atoms with van der Waals surface area (Å²) in [5.74, 6) is 1.60. The summed E-state index contributed by atoms with van der Waals surface area (Å²) in [7, 11) is 1.69. The van der Waals surface area contributed by atoms with E-state index < -0.39 is 6.10 Å². The largest absolute Gasteiger partial charge is 0.497 e. The lowest BCUT2D eigenvalue weighted by molar-refractivity contribution is 0.0663. The molecular formula is C20H27N3O3. The maximum absolute atomic E-state index is 10.2. The maximum atomic E-state index is 10.2. The Morgan fingerprint density at radius 3 is 2.46 bits per heavy atom. The number of hydrogen-bond donors (Lipinski definition) is 2. The van der Waals surface area contributed by atoms with E-state index in [4.69, 9.17) is 15.2 Å². The molecule has 1 fully saturated rings. The van der Waals surface area contributed by atoms with Gasteiger partial charge in [0.25, 0.3) is 0 Å². The molecule has 0 bridgehead atoms. The molecular weight excluding hydrogens is 330 g/mol. The molecule has 1 saturated heterocycles. The van der Waals surface area contributed by atoms with Crippen molar-refractivity contribution in [2.24, 2.45) is 0 Å². The zero-order valence-electron chi connectivity index (χ0n) is 15.2. The number of aliphatic hydroxyl groups is 1. The molecule has 0 amide bonds. The molecule has 0 aromatic heterocycles. The number of benzene rings is 2. The Morgan fingerprint density at radius 1 is 1.04 bits per heavy atom. The number of anilines is 2. The minimum Gasteiger partial charge on any atom is -0.497 e. The number of β-amino-alcohol motifs (C(OH)–C–C–N with tert-alkyl or cyclic N) is 1. The molecule has 2 aromatic carbocycles. The lowest BCUT2D eigenvalue weighted by Crippen LogP contribution is -2.49. The van der Waals surface area contributed by atoms with Crippen LogP contribution in [0.25, 0.3) is 0 Å². The minimum atomic E-state index is -0.518. The number of aliphatic hydroxyl groups excluding tert-OH is 1. The predicted molar refractivity (Wildman–Crippen MR) is 104 cm³/mol. The molecule has 3 rings (SSSR count). The highest BCUT2D eigenvalue weighted by Gasteiger charge is 2.20. The van der Waals surface area contributed by atoms with Crippen molar-refractivity contribution in [3.8, 4) is 11.5 Å². The number of nitrogens with zero attached hydrogens (tertiary/aromatic N) is 2. The van der Waals surface area contributed by atoms with Crippen LogP contribution in [0.15, 0.2) is 48.5 Å². The van der Waals surface area contributed by atoms with Gasteiger partial charge in [-0.3, -0.25) is 4.90 Å². The zero-order valence-corrected chi connectivity index (χ0v) is 15.2. The molecule has 3 N–H and O–H groups in total. The molecule has 1 aliphatic heterocycles. The van der Waals surface area contributed by atoms with E-state index >= 15 is 0 Å². The fourth-order valence-corrected chi connectivity index (χ4v) is 3.10.